The predicted octanol–water partition coefficient (Wildman–Crippen LogP) is 3.32. The number of hydrogen-bond donors (Lipinski definition) is 1. The minimum Gasteiger partial charge on any atom is -0.497 e. The molecule has 0 unspecified atom stereocenters. The third kappa shape index (κ3) is 6.54. The number of esters is 1. The van der Waals surface area contributed by atoms with Crippen molar-refractivity contribution in [3.63, 3.8) is 0 Å². The number of rotatable bonds is 10. The summed E-state index contributed by atoms with van der Waals surface area (Å²) in [7, 11) is 1.59. The summed E-state index contributed by atoms with van der Waals surface area (Å²) in [5.74, 6) is -2.02. The van der Waals surface area contributed by atoms with Gasteiger partial charge in [0.2, 0.25) is 0 Å². The van der Waals surface area contributed by atoms with Crippen molar-refractivity contribution in [3.8, 4) is 5.75 Å². The van der Waals surface area contributed by atoms with Gasteiger partial charge in [0, 0.05) is 12.6 Å². The maximum Gasteiger partial charge on any atom is 0.329 e. The van der Waals surface area contributed by atoms with Crippen molar-refractivity contribution < 1.29 is 28.2 Å². The van der Waals surface area contributed by atoms with Gasteiger partial charge in [0.25, 0.3) is 11.8 Å². The molecule has 0 spiro atoms. The van der Waals surface area contributed by atoms with Gasteiger partial charge in [-0.15, -0.1) is 0 Å². The number of carbonyl (C=O) groups is 3. The number of nitrogens with zero attached hydrogens (tertiary/aromatic N) is 1. The highest BCUT2D eigenvalue weighted by molar-refractivity contribution is 5.97. The smallest absolute Gasteiger partial charge is 0.329 e. The van der Waals surface area contributed by atoms with E-state index in [1.165, 1.54) is 24.3 Å². The van der Waals surface area contributed by atoms with Gasteiger partial charge >= 0.3 is 5.97 Å². The first-order valence-electron chi connectivity index (χ1n) is 10.9. The fourth-order valence-electron chi connectivity index (χ4n) is 3.40. The van der Waals surface area contributed by atoms with Gasteiger partial charge in [-0.3, -0.25) is 9.59 Å². The Morgan fingerprint density at radius 1 is 1.09 bits per heavy atom. The highest BCUT2D eigenvalue weighted by atomic mass is 19.1. The van der Waals surface area contributed by atoms with Crippen molar-refractivity contribution >= 4 is 17.8 Å². The highest BCUT2D eigenvalue weighted by Crippen LogP contribution is 2.29. The van der Waals surface area contributed by atoms with Crippen molar-refractivity contribution in [3.05, 3.63) is 65.5 Å². The molecular weight excluding hydrogens is 427 g/mol. The Bertz CT molecular complexity index is 989. The first kappa shape index (κ1) is 24.2. The van der Waals surface area contributed by atoms with Gasteiger partial charge in [0.05, 0.1) is 12.7 Å². The second-order valence-corrected chi connectivity index (χ2v) is 8.38. The van der Waals surface area contributed by atoms with Crippen LogP contribution in [0.15, 0.2) is 48.5 Å². The Kier molecular flexibility index (Phi) is 8.03. The molecule has 2 amide bonds. The summed E-state index contributed by atoms with van der Waals surface area (Å²) in [4.78, 5) is 39.6. The fourth-order valence-corrected chi connectivity index (χ4v) is 3.40. The van der Waals surface area contributed by atoms with Crippen LogP contribution >= 0.6 is 0 Å². The Labute approximate surface area is 192 Å². The Balaban J connectivity index is 1.59. The average Bonchev–Trinajstić information content (AvgIpc) is 3.64. The van der Waals surface area contributed by atoms with Crippen LogP contribution in [-0.2, 0) is 20.9 Å². The van der Waals surface area contributed by atoms with Crippen molar-refractivity contribution in [1.29, 1.82) is 0 Å². The van der Waals surface area contributed by atoms with E-state index in [-0.39, 0.29) is 23.4 Å². The molecule has 1 aliphatic rings. The number of nitrogens with one attached hydrogen (secondary N) is 1. The molecule has 0 saturated heterocycles. The molecule has 0 radical (unpaired) electrons. The molecule has 1 N–H and O–H groups in total. The largest absolute Gasteiger partial charge is 0.497 e. The van der Waals surface area contributed by atoms with E-state index in [0.29, 0.717) is 6.54 Å². The number of amides is 2. The van der Waals surface area contributed by atoms with E-state index in [2.05, 4.69) is 5.32 Å². The zero-order valence-corrected chi connectivity index (χ0v) is 19.0. The minimum atomic E-state index is -1.01. The molecule has 0 bridgehead atoms. The minimum absolute atomic E-state index is 0.125. The van der Waals surface area contributed by atoms with Gasteiger partial charge in [0.1, 0.15) is 17.6 Å². The van der Waals surface area contributed by atoms with Crippen LogP contribution in [0, 0.1) is 11.7 Å². The molecule has 0 aliphatic heterocycles. The molecule has 2 aromatic rings. The topological polar surface area (TPSA) is 84.9 Å². The molecule has 3 rings (SSSR count). The first-order valence-corrected chi connectivity index (χ1v) is 10.9. The summed E-state index contributed by atoms with van der Waals surface area (Å²) in [6.07, 6.45) is 1.81. The zero-order valence-electron chi connectivity index (χ0n) is 19.0. The van der Waals surface area contributed by atoms with Gasteiger partial charge in [-0.25, -0.2) is 9.18 Å². The summed E-state index contributed by atoms with van der Waals surface area (Å²) in [6, 6.07) is 12.1. The van der Waals surface area contributed by atoms with Crippen molar-refractivity contribution in [2.45, 2.75) is 45.3 Å². The van der Waals surface area contributed by atoms with Gasteiger partial charge < -0.3 is 19.7 Å². The number of carbonyl (C=O) groups excluding carboxylic acids is 3. The van der Waals surface area contributed by atoms with Crippen LogP contribution in [0.1, 0.15) is 42.6 Å². The van der Waals surface area contributed by atoms with Crippen LogP contribution in [0.3, 0.4) is 0 Å². The lowest BCUT2D eigenvalue weighted by Gasteiger charge is -2.24. The van der Waals surface area contributed by atoms with Crippen molar-refractivity contribution in [2.24, 2.45) is 5.92 Å². The zero-order chi connectivity index (χ0) is 24.0. The van der Waals surface area contributed by atoms with Crippen LogP contribution in [0.4, 0.5) is 4.39 Å². The molecule has 1 atom stereocenters. The molecule has 1 fully saturated rings. The number of halogens is 1. The van der Waals surface area contributed by atoms with Gasteiger partial charge in [-0.05, 0) is 48.6 Å². The molecule has 176 valence electrons. The second kappa shape index (κ2) is 10.9. The monoisotopic (exact) mass is 456 g/mol. The van der Waals surface area contributed by atoms with E-state index < -0.39 is 30.3 Å². The third-order valence-electron chi connectivity index (χ3n) is 5.48. The number of methoxy groups -OCH3 is 1. The number of benzene rings is 2. The quantitative estimate of drug-likeness (QED) is 0.555. The summed E-state index contributed by atoms with van der Waals surface area (Å²) in [6.45, 7) is 3.44. The van der Waals surface area contributed by atoms with Gasteiger partial charge in [0.15, 0.2) is 6.61 Å². The van der Waals surface area contributed by atoms with Crippen LogP contribution in [-0.4, -0.2) is 48.5 Å². The molecule has 0 aromatic heterocycles. The van der Waals surface area contributed by atoms with E-state index in [4.69, 9.17) is 9.47 Å². The van der Waals surface area contributed by atoms with Crippen LogP contribution in [0.2, 0.25) is 0 Å². The maximum absolute atomic E-state index is 13.9. The Morgan fingerprint density at radius 3 is 2.33 bits per heavy atom. The summed E-state index contributed by atoms with van der Waals surface area (Å²) < 4.78 is 24.3. The third-order valence-corrected chi connectivity index (χ3v) is 5.48. The maximum atomic E-state index is 13.9. The lowest BCUT2D eigenvalue weighted by atomic mass is 10.0. The molecule has 8 heteroatoms. The Hall–Kier alpha value is -3.42. The summed E-state index contributed by atoms with van der Waals surface area (Å²) in [5.41, 5.74) is 0.783. The average molecular weight is 457 g/mol. The highest BCUT2D eigenvalue weighted by Gasteiger charge is 2.34. The van der Waals surface area contributed by atoms with Gasteiger partial charge in [-0.2, -0.15) is 0 Å². The van der Waals surface area contributed by atoms with Crippen LogP contribution in [0.25, 0.3) is 0 Å². The van der Waals surface area contributed by atoms with Gasteiger partial charge in [-0.1, -0.05) is 38.1 Å². The predicted molar refractivity (Wildman–Crippen MR) is 120 cm³/mol. The molecule has 0 heterocycles. The first-order chi connectivity index (χ1) is 15.8. The summed E-state index contributed by atoms with van der Waals surface area (Å²) >= 11 is 0. The number of ether oxygens (including phenoxy) is 2. The van der Waals surface area contributed by atoms with E-state index >= 15 is 0 Å². The normalized spacial score (nSPS) is 13.8. The van der Waals surface area contributed by atoms with Crippen LogP contribution < -0.4 is 10.1 Å². The lowest BCUT2D eigenvalue weighted by molar-refractivity contribution is -0.155. The second-order valence-electron chi connectivity index (χ2n) is 8.38. The molecule has 1 aliphatic carbocycles. The molecular formula is C25H29FN2O5. The van der Waals surface area contributed by atoms with E-state index in [9.17, 15) is 18.8 Å². The summed E-state index contributed by atoms with van der Waals surface area (Å²) in [5, 5.41) is 2.52. The standard InChI is InChI=1S/C25H29FN2O5/c1-16(2)23(27-24(30)20-6-4-5-7-21(20)26)25(31)33-15-22(29)28(18-10-11-18)14-17-8-12-19(32-3)13-9-17/h4-9,12-13,16,18,23H,10-11,14-15H2,1-3H3,(H,27,30)/t23-/m0/s1. The number of hydrogen-bond acceptors (Lipinski definition) is 5. The molecule has 2 aromatic carbocycles. The van der Waals surface area contributed by atoms with E-state index in [0.717, 1.165) is 24.2 Å². The van der Waals surface area contributed by atoms with Crippen molar-refractivity contribution in [1.82, 2.24) is 10.2 Å². The molecule has 1 saturated carbocycles. The van der Waals surface area contributed by atoms with E-state index in [1.807, 2.05) is 24.3 Å². The van der Waals surface area contributed by atoms with E-state index in [1.54, 1.807) is 25.9 Å². The SMILES string of the molecule is COc1ccc(CN(C(=O)COC(=O)[C@@H](NC(=O)c2ccccc2F)C(C)C)C2CC2)cc1. The fraction of sp³-hybridized carbons (Fsp3) is 0.400. The molecule has 7 nitrogen and oxygen atoms in total. The van der Waals surface area contributed by atoms with Crippen LogP contribution in [0.5, 0.6) is 5.75 Å². The molecule has 33 heavy (non-hydrogen) atoms. The van der Waals surface area contributed by atoms with Crippen molar-refractivity contribution in [2.75, 3.05) is 13.7 Å². The Morgan fingerprint density at radius 2 is 1.76 bits per heavy atom. The lowest BCUT2D eigenvalue weighted by Crippen LogP contribution is -2.46.